The molecule has 15 heavy (non-hydrogen) atoms. The van der Waals surface area contributed by atoms with Gasteiger partial charge in [0, 0.05) is 19.3 Å². The number of H-pyrrole nitrogens is 1. The van der Waals surface area contributed by atoms with Gasteiger partial charge in [0.25, 0.3) is 0 Å². The van der Waals surface area contributed by atoms with Gasteiger partial charge < -0.3 is 10.3 Å². The van der Waals surface area contributed by atoms with Crippen molar-refractivity contribution >= 4 is 38.6 Å². The highest BCUT2D eigenvalue weighted by atomic mass is 79.9. The summed E-state index contributed by atoms with van der Waals surface area (Å²) < 4.78 is 13.9. The number of amides is 1. The first-order valence-corrected chi connectivity index (χ1v) is 4.97. The van der Waals surface area contributed by atoms with E-state index in [9.17, 15) is 9.18 Å². The van der Waals surface area contributed by atoms with Gasteiger partial charge in [0.15, 0.2) is 5.82 Å². The lowest BCUT2D eigenvalue weighted by atomic mass is 10.3. The Morgan fingerprint density at radius 1 is 1.67 bits per heavy atom. The number of halogens is 2. The Kier molecular flexibility index (Phi) is 2.44. The number of carbonyl (C=O) groups excluding carboxylic acids is 1. The van der Waals surface area contributed by atoms with E-state index in [0.29, 0.717) is 11.3 Å². The summed E-state index contributed by atoms with van der Waals surface area (Å²) in [6.07, 6.45) is 2.88. The van der Waals surface area contributed by atoms with E-state index in [4.69, 9.17) is 0 Å². The number of fused-ring (bicyclic) bond motifs is 1. The van der Waals surface area contributed by atoms with Gasteiger partial charge in [0.1, 0.15) is 5.65 Å². The average molecular weight is 272 g/mol. The molecule has 0 aliphatic carbocycles. The van der Waals surface area contributed by atoms with Crippen LogP contribution in [0, 0.1) is 5.82 Å². The summed E-state index contributed by atoms with van der Waals surface area (Å²) in [5, 5.41) is 2.80. The molecule has 2 aromatic rings. The number of rotatable bonds is 1. The summed E-state index contributed by atoms with van der Waals surface area (Å²) in [6, 6.07) is 0. The van der Waals surface area contributed by atoms with Gasteiger partial charge in [0.2, 0.25) is 5.91 Å². The Morgan fingerprint density at radius 3 is 3.07 bits per heavy atom. The normalized spacial score (nSPS) is 10.6. The molecule has 0 saturated carbocycles. The van der Waals surface area contributed by atoms with Crippen molar-refractivity contribution in [2.45, 2.75) is 6.92 Å². The number of aromatic amines is 1. The first-order chi connectivity index (χ1) is 7.09. The minimum atomic E-state index is -0.440. The summed E-state index contributed by atoms with van der Waals surface area (Å²) in [5.74, 6) is -0.694. The zero-order chi connectivity index (χ0) is 11.0. The molecule has 2 N–H and O–H groups in total. The summed E-state index contributed by atoms with van der Waals surface area (Å²) in [5.41, 5.74) is 0.795. The van der Waals surface area contributed by atoms with Crippen LogP contribution < -0.4 is 5.32 Å². The second kappa shape index (κ2) is 3.62. The third-order valence-corrected chi connectivity index (χ3v) is 2.46. The standard InChI is InChI=1S/C9H7BrFN3O/c1-4(15)14-6-3-13-9-7(6)8(11)5(10)2-12-9/h2-3H,1H3,(H,12,13)(H,14,15). The molecular weight excluding hydrogens is 265 g/mol. The number of aromatic nitrogens is 2. The first-order valence-electron chi connectivity index (χ1n) is 4.18. The second-order valence-electron chi connectivity index (χ2n) is 3.03. The predicted octanol–water partition coefficient (Wildman–Crippen LogP) is 2.42. The molecule has 0 fully saturated rings. The molecule has 0 radical (unpaired) electrons. The highest BCUT2D eigenvalue weighted by Crippen LogP contribution is 2.28. The van der Waals surface area contributed by atoms with Crippen molar-refractivity contribution in [2.24, 2.45) is 0 Å². The Hall–Kier alpha value is -1.43. The fraction of sp³-hybridized carbons (Fsp3) is 0.111. The zero-order valence-electron chi connectivity index (χ0n) is 7.77. The largest absolute Gasteiger partial charge is 0.344 e. The molecule has 0 aliphatic heterocycles. The van der Waals surface area contributed by atoms with Gasteiger partial charge in [-0.3, -0.25) is 4.79 Å². The summed E-state index contributed by atoms with van der Waals surface area (Å²) in [7, 11) is 0. The van der Waals surface area contributed by atoms with E-state index in [-0.39, 0.29) is 15.8 Å². The molecule has 4 nitrogen and oxygen atoms in total. The Morgan fingerprint density at radius 2 is 2.40 bits per heavy atom. The highest BCUT2D eigenvalue weighted by molar-refractivity contribution is 9.10. The third kappa shape index (κ3) is 1.72. The number of hydrogen-bond acceptors (Lipinski definition) is 2. The van der Waals surface area contributed by atoms with Crippen LogP contribution in [0.15, 0.2) is 16.9 Å². The Labute approximate surface area is 93.0 Å². The van der Waals surface area contributed by atoms with Crippen LogP contribution in [0.3, 0.4) is 0 Å². The van der Waals surface area contributed by atoms with Crippen LogP contribution in [0.1, 0.15) is 6.92 Å². The van der Waals surface area contributed by atoms with Crippen LogP contribution in [0.2, 0.25) is 0 Å². The van der Waals surface area contributed by atoms with Crippen LogP contribution >= 0.6 is 15.9 Å². The van der Waals surface area contributed by atoms with Crippen molar-refractivity contribution in [1.29, 1.82) is 0 Å². The van der Waals surface area contributed by atoms with Gasteiger partial charge in [-0.05, 0) is 15.9 Å². The maximum Gasteiger partial charge on any atom is 0.221 e. The van der Waals surface area contributed by atoms with E-state index in [1.54, 1.807) is 0 Å². The van der Waals surface area contributed by atoms with Crippen molar-refractivity contribution in [3.05, 3.63) is 22.7 Å². The smallest absolute Gasteiger partial charge is 0.221 e. The van der Waals surface area contributed by atoms with E-state index >= 15 is 0 Å². The van der Waals surface area contributed by atoms with E-state index in [0.717, 1.165) is 0 Å². The molecule has 0 aliphatic rings. The second-order valence-corrected chi connectivity index (χ2v) is 3.88. The van der Waals surface area contributed by atoms with Gasteiger partial charge in [-0.1, -0.05) is 0 Å². The molecule has 0 aromatic carbocycles. The topological polar surface area (TPSA) is 57.8 Å². The van der Waals surface area contributed by atoms with Crippen LogP contribution in [0.5, 0.6) is 0 Å². The minimum absolute atomic E-state index is 0.254. The van der Waals surface area contributed by atoms with Crippen LogP contribution in [0.25, 0.3) is 11.0 Å². The molecule has 78 valence electrons. The molecule has 2 aromatic heterocycles. The number of nitrogens with one attached hydrogen (secondary N) is 2. The fourth-order valence-electron chi connectivity index (χ4n) is 1.32. The minimum Gasteiger partial charge on any atom is -0.344 e. The summed E-state index contributed by atoms with van der Waals surface area (Å²) >= 11 is 3.04. The van der Waals surface area contributed by atoms with Crippen molar-refractivity contribution < 1.29 is 9.18 Å². The molecule has 1 amide bonds. The number of anilines is 1. The van der Waals surface area contributed by atoms with Crippen LogP contribution in [-0.2, 0) is 4.79 Å². The zero-order valence-corrected chi connectivity index (χ0v) is 9.35. The summed E-state index contributed by atoms with van der Waals surface area (Å²) in [6.45, 7) is 1.36. The maximum atomic E-state index is 13.7. The molecule has 0 bridgehead atoms. The molecule has 6 heteroatoms. The molecule has 0 saturated heterocycles. The van der Waals surface area contributed by atoms with Crippen molar-refractivity contribution in [1.82, 2.24) is 9.97 Å². The van der Waals surface area contributed by atoms with Gasteiger partial charge in [-0.2, -0.15) is 0 Å². The van der Waals surface area contributed by atoms with Crippen molar-refractivity contribution in [3.8, 4) is 0 Å². The quantitative estimate of drug-likeness (QED) is 0.837. The number of pyridine rings is 1. The monoisotopic (exact) mass is 271 g/mol. The molecular formula is C9H7BrFN3O. The van der Waals surface area contributed by atoms with E-state index in [2.05, 4.69) is 31.2 Å². The first kappa shape index (κ1) is 10.1. The van der Waals surface area contributed by atoms with Crippen LogP contribution in [0.4, 0.5) is 10.1 Å². The predicted molar refractivity (Wildman–Crippen MR) is 58.1 cm³/mol. The molecule has 0 atom stereocenters. The molecule has 0 unspecified atom stereocenters. The van der Waals surface area contributed by atoms with Gasteiger partial charge in [0.05, 0.1) is 15.5 Å². The summed E-state index contributed by atoms with van der Waals surface area (Å²) in [4.78, 5) is 17.6. The Bertz CT molecular complexity index is 537. The van der Waals surface area contributed by atoms with Crippen molar-refractivity contribution in [3.63, 3.8) is 0 Å². The van der Waals surface area contributed by atoms with E-state index in [1.165, 1.54) is 19.3 Å². The lowest BCUT2D eigenvalue weighted by molar-refractivity contribution is -0.114. The number of nitrogens with zero attached hydrogens (tertiary/aromatic N) is 1. The van der Waals surface area contributed by atoms with E-state index < -0.39 is 5.82 Å². The fourth-order valence-corrected chi connectivity index (χ4v) is 1.62. The van der Waals surface area contributed by atoms with Gasteiger partial charge >= 0.3 is 0 Å². The molecule has 0 spiro atoms. The van der Waals surface area contributed by atoms with Crippen molar-refractivity contribution in [2.75, 3.05) is 5.32 Å². The maximum absolute atomic E-state index is 13.7. The molecule has 2 rings (SSSR count). The van der Waals surface area contributed by atoms with Crippen LogP contribution in [-0.4, -0.2) is 15.9 Å². The van der Waals surface area contributed by atoms with Gasteiger partial charge in [-0.25, -0.2) is 9.37 Å². The SMILES string of the molecule is CC(=O)Nc1c[nH]c2ncc(Br)c(F)c12. The lowest BCUT2D eigenvalue weighted by Crippen LogP contribution is -2.05. The number of carbonyl (C=O) groups is 1. The lowest BCUT2D eigenvalue weighted by Gasteiger charge is -2.00. The van der Waals surface area contributed by atoms with Gasteiger partial charge in [-0.15, -0.1) is 0 Å². The number of hydrogen-bond donors (Lipinski definition) is 2. The molecule has 2 heterocycles. The third-order valence-electron chi connectivity index (χ3n) is 1.91. The highest BCUT2D eigenvalue weighted by Gasteiger charge is 2.13. The average Bonchev–Trinajstić information content (AvgIpc) is 2.55. The van der Waals surface area contributed by atoms with E-state index in [1.807, 2.05) is 0 Å². The Balaban J connectivity index is 2.66.